The van der Waals surface area contributed by atoms with Crippen LogP contribution in [0, 0.1) is 5.92 Å². The number of amides is 1. The van der Waals surface area contributed by atoms with Crippen LogP contribution < -0.4 is 5.32 Å². The Labute approximate surface area is 114 Å². The molecule has 2 fully saturated rings. The zero-order chi connectivity index (χ0) is 13.4. The van der Waals surface area contributed by atoms with Crippen LogP contribution in [0.25, 0.3) is 0 Å². The molecule has 1 amide bonds. The number of nitrogens with one attached hydrogen (secondary N) is 1. The highest BCUT2D eigenvalue weighted by atomic mass is 16.2. The van der Waals surface area contributed by atoms with Crippen molar-refractivity contribution >= 4 is 5.91 Å². The second kappa shape index (κ2) is 4.96. The monoisotopic (exact) mass is 262 g/mol. The molecular weight excluding hydrogens is 240 g/mol. The standard InChI is InChI=1S/C14H22N4O/c1-3-18(11-4-5-11)14(19)13-8-15-7-12(13)10-6-16-17(2)9-10/h6,9,11-13,15H,3-5,7-8H2,1-2H3/t12-,13+/m1/s1. The van der Waals surface area contributed by atoms with E-state index in [0.717, 1.165) is 19.6 Å². The van der Waals surface area contributed by atoms with Gasteiger partial charge in [-0.15, -0.1) is 0 Å². The van der Waals surface area contributed by atoms with Crippen molar-refractivity contribution in [2.24, 2.45) is 13.0 Å². The lowest BCUT2D eigenvalue weighted by atomic mass is 9.89. The molecule has 2 atom stereocenters. The highest BCUT2D eigenvalue weighted by Crippen LogP contribution is 2.33. The van der Waals surface area contributed by atoms with E-state index in [-0.39, 0.29) is 11.8 Å². The quantitative estimate of drug-likeness (QED) is 0.870. The van der Waals surface area contributed by atoms with Crippen LogP contribution in [-0.4, -0.2) is 46.3 Å². The number of carbonyl (C=O) groups excluding carboxylic acids is 1. The molecule has 1 N–H and O–H groups in total. The fourth-order valence-electron chi connectivity index (χ4n) is 3.11. The summed E-state index contributed by atoms with van der Waals surface area (Å²) >= 11 is 0. The average molecular weight is 262 g/mol. The Morgan fingerprint density at radius 2 is 2.32 bits per heavy atom. The van der Waals surface area contributed by atoms with Crippen molar-refractivity contribution in [2.45, 2.75) is 31.7 Å². The maximum Gasteiger partial charge on any atom is 0.227 e. The summed E-state index contributed by atoms with van der Waals surface area (Å²) in [5.74, 6) is 0.669. The van der Waals surface area contributed by atoms with Gasteiger partial charge in [0.05, 0.1) is 12.1 Å². The molecule has 3 rings (SSSR count). The zero-order valence-electron chi connectivity index (χ0n) is 11.7. The molecule has 0 aromatic carbocycles. The molecule has 0 unspecified atom stereocenters. The molecule has 0 bridgehead atoms. The van der Waals surface area contributed by atoms with Crippen LogP contribution in [0.2, 0.25) is 0 Å². The molecule has 1 aliphatic heterocycles. The molecular formula is C14H22N4O. The first-order valence-corrected chi connectivity index (χ1v) is 7.20. The van der Waals surface area contributed by atoms with Crippen LogP contribution in [0.4, 0.5) is 0 Å². The van der Waals surface area contributed by atoms with Crippen molar-refractivity contribution < 1.29 is 4.79 Å². The van der Waals surface area contributed by atoms with E-state index in [1.165, 1.54) is 18.4 Å². The molecule has 0 spiro atoms. The van der Waals surface area contributed by atoms with Crippen molar-refractivity contribution in [3.8, 4) is 0 Å². The number of nitrogens with zero attached hydrogens (tertiary/aromatic N) is 3. The minimum atomic E-state index is 0.0738. The fourth-order valence-corrected chi connectivity index (χ4v) is 3.11. The van der Waals surface area contributed by atoms with Gasteiger partial charge in [-0.2, -0.15) is 5.10 Å². The molecule has 5 heteroatoms. The van der Waals surface area contributed by atoms with Gasteiger partial charge in [-0.05, 0) is 25.3 Å². The molecule has 104 valence electrons. The Hall–Kier alpha value is -1.36. The van der Waals surface area contributed by atoms with E-state index < -0.39 is 0 Å². The summed E-state index contributed by atoms with van der Waals surface area (Å²) in [6, 6.07) is 0.507. The lowest BCUT2D eigenvalue weighted by Gasteiger charge is -2.26. The molecule has 1 aromatic heterocycles. The van der Waals surface area contributed by atoms with Gasteiger partial charge >= 0.3 is 0 Å². The van der Waals surface area contributed by atoms with Crippen LogP contribution >= 0.6 is 0 Å². The van der Waals surface area contributed by atoms with Crippen molar-refractivity contribution in [2.75, 3.05) is 19.6 Å². The summed E-state index contributed by atoms with van der Waals surface area (Å²) in [6.45, 7) is 4.59. The number of aryl methyl sites for hydroxylation is 1. The highest BCUT2D eigenvalue weighted by Gasteiger charge is 2.40. The summed E-state index contributed by atoms with van der Waals surface area (Å²) in [4.78, 5) is 14.8. The Morgan fingerprint density at radius 1 is 1.53 bits per heavy atom. The first-order chi connectivity index (χ1) is 9.20. The van der Waals surface area contributed by atoms with Gasteiger partial charge in [0, 0.05) is 44.8 Å². The number of rotatable bonds is 4. The number of hydrogen-bond acceptors (Lipinski definition) is 3. The van der Waals surface area contributed by atoms with Gasteiger partial charge in [-0.25, -0.2) is 0 Å². The molecule has 2 heterocycles. The summed E-state index contributed by atoms with van der Waals surface area (Å²) in [6.07, 6.45) is 6.28. The summed E-state index contributed by atoms with van der Waals surface area (Å²) in [7, 11) is 1.92. The molecule has 1 aromatic rings. The molecule has 5 nitrogen and oxygen atoms in total. The minimum Gasteiger partial charge on any atom is -0.340 e. The van der Waals surface area contributed by atoms with Gasteiger partial charge in [0.1, 0.15) is 0 Å². The normalized spacial score (nSPS) is 26.6. The Bertz CT molecular complexity index is 466. The van der Waals surface area contributed by atoms with Crippen LogP contribution in [-0.2, 0) is 11.8 Å². The molecule has 1 saturated carbocycles. The smallest absolute Gasteiger partial charge is 0.227 e. The topological polar surface area (TPSA) is 50.2 Å². The third-order valence-electron chi connectivity index (χ3n) is 4.30. The Kier molecular flexibility index (Phi) is 3.31. The maximum absolute atomic E-state index is 12.7. The highest BCUT2D eigenvalue weighted by molar-refractivity contribution is 5.81. The van der Waals surface area contributed by atoms with Crippen molar-refractivity contribution in [3.05, 3.63) is 18.0 Å². The van der Waals surface area contributed by atoms with Gasteiger partial charge in [-0.1, -0.05) is 0 Å². The predicted octanol–water partition coefficient (Wildman–Crippen LogP) is 0.734. The van der Waals surface area contributed by atoms with E-state index in [0.29, 0.717) is 11.9 Å². The third-order valence-corrected chi connectivity index (χ3v) is 4.30. The second-order valence-corrected chi connectivity index (χ2v) is 5.67. The van der Waals surface area contributed by atoms with Crippen LogP contribution in [0.5, 0.6) is 0 Å². The lowest BCUT2D eigenvalue weighted by Crippen LogP contribution is -2.40. The van der Waals surface area contributed by atoms with Crippen molar-refractivity contribution in [1.29, 1.82) is 0 Å². The SMILES string of the molecule is CCN(C(=O)[C@H]1CNC[C@@H]1c1cnn(C)c1)C1CC1. The zero-order valence-corrected chi connectivity index (χ0v) is 11.7. The molecule has 1 aliphatic carbocycles. The summed E-state index contributed by atoms with van der Waals surface area (Å²) < 4.78 is 1.81. The fraction of sp³-hybridized carbons (Fsp3) is 0.714. The largest absolute Gasteiger partial charge is 0.340 e. The van der Waals surface area contributed by atoms with Gasteiger partial charge in [0.15, 0.2) is 0 Å². The molecule has 1 saturated heterocycles. The van der Waals surface area contributed by atoms with E-state index in [4.69, 9.17) is 0 Å². The Morgan fingerprint density at radius 3 is 2.89 bits per heavy atom. The van der Waals surface area contributed by atoms with E-state index in [1.54, 1.807) is 0 Å². The van der Waals surface area contributed by atoms with E-state index in [1.807, 2.05) is 24.1 Å². The van der Waals surface area contributed by atoms with Crippen LogP contribution in [0.1, 0.15) is 31.2 Å². The van der Waals surface area contributed by atoms with E-state index >= 15 is 0 Å². The Balaban J connectivity index is 1.77. The number of carbonyl (C=O) groups is 1. The molecule has 0 radical (unpaired) electrons. The van der Waals surface area contributed by atoms with Gasteiger partial charge < -0.3 is 10.2 Å². The van der Waals surface area contributed by atoms with Crippen LogP contribution in [0.15, 0.2) is 12.4 Å². The maximum atomic E-state index is 12.7. The number of hydrogen-bond donors (Lipinski definition) is 1. The van der Waals surface area contributed by atoms with Crippen LogP contribution in [0.3, 0.4) is 0 Å². The van der Waals surface area contributed by atoms with E-state index in [9.17, 15) is 4.79 Å². The molecule has 2 aliphatic rings. The summed E-state index contributed by atoms with van der Waals surface area (Å²) in [5, 5.41) is 7.60. The average Bonchev–Trinajstić information content (AvgIpc) is 2.95. The third kappa shape index (κ3) is 2.39. The van der Waals surface area contributed by atoms with Gasteiger partial charge in [0.25, 0.3) is 0 Å². The van der Waals surface area contributed by atoms with Crippen molar-refractivity contribution in [1.82, 2.24) is 20.0 Å². The first kappa shape index (κ1) is 12.7. The minimum absolute atomic E-state index is 0.0738. The second-order valence-electron chi connectivity index (χ2n) is 5.67. The van der Waals surface area contributed by atoms with Gasteiger partial charge in [-0.3, -0.25) is 9.48 Å². The predicted molar refractivity (Wildman–Crippen MR) is 72.7 cm³/mol. The summed E-state index contributed by atoms with van der Waals surface area (Å²) in [5.41, 5.74) is 1.18. The van der Waals surface area contributed by atoms with E-state index in [2.05, 4.69) is 22.2 Å². The van der Waals surface area contributed by atoms with Crippen molar-refractivity contribution in [3.63, 3.8) is 0 Å². The molecule has 19 heavy (non-hydrogen) atoms. The first-order valence-electron chi connectivity index (χ1n) is 7.20. The lowest BCUT2D eigenvalue weighted by molar-refractivity contribution is -0.135. The van der Waals surface area contributed by atoms with Gasteiger partial charge in [0.2, 0.25) is 5.91 Å². The number of aromatic nitrogens is 2.